The van der Waals surface area contributed by atoms with Crippen molar-refractivity contribution in [3.63, 3.8) is 0 Å². The van der Waals surface area contributed by atoms with Crippen LogP contribution in [0.5, 0.6) is 11.5 Å². The van der Waals surface area contributed by atoms with Crippen molar-refractivity contribution < 1.29 is 29.1 Å². The number of hydrogen-bond acceptors (Lipinski definition) is 6. The number of hydrogen-bond donors (Lipinski definition) is 4. The number of benzene rings is 2. The van der Waals surface area contributed by atoms with Crippen molar-refractivity contribution in [2.24, 2.45) is 5.92 Å². The highest BCUT2D eigenvalue weighted by molar-refractivity contribution is 6.43. The Morgan fingerprint density at radius 1 is 1.00 bits per heavy atom. The Morgan fingerprint density at radius 3 is 2.50 bits per heavy atom. The summed E-state index contributed by atoms with van der Waals surface area (Å²) >= 11 is 0. The minimum absolute atomic E-state index is 0.138. The second-order valence-electron chi connectivity index (χ2n) is 10.0. The van der Waals surface area contributed by atoms with Crippen molar-refractivity contribution in [2.75, 3.05) is 13.2 Å². The molecule has 1 aliphatic carbocycles. The van der Waals surface area contributed by atoms with E-state index in [4.69, 9.17) is 9.47 Å². The molecule has 0 spiro atoms. The van der Waals surface area contributed by atoms with Gasteiger partial charge in [-0.05, 0) is 72.9 Å². The quantitative estimate of drug-likeness (QED) is 0.398. The first-order valence-corrected chi connectivity index (χ1v) is 12.8. The summed E-state index contributed by atoms with van der Waals surface area (Å²) in [5.74, 6) is -0.241. The van der Waals surface area contributed by atoms with E-state index in [2.05, 4.69) is 16.7 Å². The van der Waals surface area contributed by atoms with Crippen LogP contribution in [-0.4, -0.2) is 54.2 Å². The predicted octanol–water partition coefficient (Wildman–Crippen LogP) is 2.22. The Balaban J connectivity index is 1.57. The minimum Gasteiger partial charge on any atom is -0.486 e. The normalized spacial score (nSPS) is 16.0. The summed E-state index contributed by atoms with van der Waals surface area (Å²) in [5, 5.41) is 25.3. The van der Waals surface area contributed by atoms with E-state index in [0.717, 1.165) is 36.8 Å². The van der Waals surface area contributed by atoms with E-state index in [1.807, 2.05) is 32.0 Å². The Kier molecular flexibility index (Phi) is 8.54. The zero-order chi connectivity index (χ0) is 25.7. The maximum atomic E-state index is 13.4. The summed E-state index contributed by atoms with van der Waals surface area (Å²) in [6.07, 6.45) is 4.52. The molecule has 0 radical (unpaired) electrons. The van der Waals surface area contributed by atoms with Crippen molar-refractivity contribution >= 4 is 18.9 Å². The number of aryl methyl sites for hydroxylation is 1. The predicted molar refractivity (Wildman–Crippen MR) is 137 cm³/mol. The molecule has 0 bridgehead atoms. The summed E-state index contributed by atoms with van der Waals surface area (Å²) in [6, 6.07) is 10.3. The lowest BCUT2D eigenvalue weighted by atomic mass is 9.75. The van der Waals surface area contributed by atoms with Gasteiger partial charge in [-0.25, -0.2) is 0 Å². The van der Waals surface area contributed by atoms with Crippen LogP contribution in [-0.2, 0) is 24.1 Å². The molecule has 1 aliphatic heterocycles. The molecule has 2 amide bonds. The number of nitrogens with one attached hydrogen (secondary N) is 2. The van der Waals surface area contributed by atoms with E-state index in [0.29, 0.717) is 36.7 Å². The van der Waals surface area contributed by atoms with Crippen LogP contribution in [0.15, 0.2) is 36.4 Å². The van der Waals surface area contributed by atoms with Crippen LogP contribution in [0.3, 0.4) is 0 Å². The van der Waals surface area contributed by atoms with Crippen LogP contribution >= 0.6 is 0 Å². The molecule has 0 saturated carbocycles. The van der Waals surface area contributed by atoms with E-state index in [9.17, 15) is 19.6 Å². The number of carbonyl (C=O) groups excluding carboxylic acids is 2. The van der Waals surface area contributed by atoms with Gasteiger partial charge in [0, 0.05) is 12.0 Å². The van der Waals surface area contributed by atoms with E-state index < -0.39 is 25.0 Å². The SMILES string of the molecule is CC(C)C[C@H](NC(=O)[C@H](Cc1ccc2c(c1)OCCO2)NC(=O)c1cccc2c1CCCC2)B(O)O. The highest BCUT2D eigenvalue weighted by Gasteiger charge is 2.31. The number of carbonyl (C=O) groups is 2. The summed E-state index contributed by atoms with van der Waals surface area (Å²) < 4.78 is 11.3. The summed E-state index contributed by atoms with van der Waals surface area (Å²) in [5.41, 5.74) is 3.61. The first-order chi connectivity index (χ1) is 17.3. The maximum Gasteiger partial charge on any atom is 0.475 e. The first kappa shape index (κ1) is 26.0. The van der Waals surface area contributed by atoms with Gasteiger partial charge in [0.15, 0.2) is 11.5 Å². The molecule has 0 fully saturated rings. The van der Waals surface area contributed by atoms with Crippen LogP contribution in [0.2, 0.25) is 0 Å². The zero-order valence-electron chi connectivity index (χ0n) is 21.0. The molecule has 2 atom stereocenters. The van der Waals surface area contributed by atoms with Gasteiger partial charge in [-0.15, -0.1) is 0 Å². The Morgan fingerprint density at radius 2 is 1.75 bits per heavy atom. The highest BCUT2D eigenvalue weighted by atomic mass is 16.6. The van der Waals surface area contributed by atoms with Crippen LogP contribution in [0.1, 0.15) is 60.2 Å². The lowest BCUT2D eigenvalue weighted by Gasteiger charge is -2.26. The molecule has 2 aromatic rings. The molecule has 4 N–H and O–H groups in total. The highest BCUT2D eigenvalue weighted by Crippen LogP contribution is 2.31. The molecular formula is C27H35BN2O6. The van der Waals surface area contributed by atoms with E-state index >= 15 is 0 Å². The first-order valence-electron chi connectivity index (χ1n) is 12.8. The second kappa shape index (κ2) is 11.8. The van der Waals surface area contributed by atoms with E-state index in [1.165, 1.54) is 5.56 Å². The summed E-state index contributed by atoms with van der Waals surface area (Å²) in [4.78, 5) is 26.8. The average Bonchev–Trinajstić information content (AvgIpc) is 2.87. The van der Waals surface area contributed by atoms with Crippen LogP contribution < -0.4 is 20.1 Å². The van der Waals surface area contributed by atoms with Gasteiger partial charge in [0.1, 0.15) is 19.3 Å². The molecule has 2 aliphatic rings. The monoisotopic (exact) mass is 494 g/mol. The molecule has 192 valence electrons. The number of ether oxygens (including phenoxy) is 2. The average molecular weight is 494 g/mol. The third kappa shape index (κ3) is 6.39. The minimum atomic E-state index is -1.71. The molecule has 9 heteroatoms. The molecule has 2 aromatic carbocycles. The van der Waals surface area contributed by atoms with Gasteiger partial charge >= 0.3 is 7.12 Å². The van der Waals surface area contributed by atoms with Crippen LogP contribution in [0, 0.1) is 5.92 Å². The lowest BCUT2D eigenvalue weighted by molar-refractivity contribution is -0.123. The van der Waals surface area contributed by atoms with Gasteiger partial charge in [0.25, 0.3) is 5.91 Å². The lowest BCUT2D eigenvalue weighted by Crippen LogP contribution is -2.55. The molecule has 8 nitrogen and oxygen atoms in total. The molecule has 4 rings (SSSR count). The van der Waals surface area contributed by atoms with Crippen molar-refractivity contribution in [3.8, 4) is 11.5 Å². The second-order valence-corrected chi connectivity index (χ2v) is 10.0. The van der Waals surface area contributed by atoms with Crippen molar-refractivity contribution in [1.82, 2.24) is 10.6 Å². The number of fused-ring (bicyclic) bond motifs is 2. The van der Waals surface area contributed by atoms with Crippen molar-refractivity contribution in [1.29, 1.82) is 0 Å². The fourth-order valence-corrected chi connectivity index (χ4v) is 4.94. The number of amides is 2. The fraction of sp³-hybridized carbons (Fsp3) is 0.481. The van der Waals surface area contributed by atoms with Gasteiger partial charge in [-0.1, -0.05) is 32.0 Å². The van der Waals surface area contributed by atoms with Crippen molar-refractivity contribution in [2.45, 2.75) is 64.4 Å². The van der Waals surface area contributed by atoms with Gasteiger partial charge in [-0.2, -0.15) is 0 Å². The fourth-order valence-electron chi connectivity index (χ4n) is 4.94. The summed E-state index contributed by atoms with van der Waals surface area (Å²) in [6.45, 7) is 4.81. The van der Waals surface area contributed by atoms with Gasteiger partial charge in [-0.3, -0.25) is 9.59 Å². The summed E-state index contributed by atoms with van der Waals surface area (Å²) in [7, 11) is -1.71. The Bertz CT molecular complexity index is 1090. The standard InChI is InChI=1S/C27H35BN2O6/c1-17(2)14-25(28(33)34)30-27(32)22(15-18-10-11-23-24(16-18)36-13-12-35-23)29-26(31)21-9-5-7-19-6-3-4-8-20(19)21/h5,7,9-11,16-17,22,25,33-34H,3-4,6,8,12-15H2,1-2H3,(H,29,31)(H,30,32)/t22-,25-/m0/s1. The molecule has 0 unspecified atom stereocenters. The number of rotatable bonds is 9. The van der Waals surface area contributed by atoms with Gasteiger partial charge in [0.05, 0.1) is 5.94 Å². The van der Waals surface area contributed by atoms with Crippen molar-refractivity contribution in [3.05, 3.63) is 58.7 Å². The molecule has 36 heavy (non-hydrogen) atoms. The van der Waals surface area contributed by atoms with E-state index in [-0.39, 0.29) is 18.2 Å². The van der Waals surface area contributed by atoms with Gasteiger partial charge in [0.2, 0.25) is 5.91 Å². The smallest absolute Gasteiger partial charge is 0.475 e. The molecule has 0 saturated heterocycles. The third-order valence-electron chi connectivity index (χ3n) is 6.72. The topological polar surface area (TPSA) is 117 Å². The molecule has 1 heterocycles. The third-order valence-corrected chi connectivity index (χ3v) is 6.72. The van der Waals surface area contributed by atoms with E-state index in [1.54, 1.807) is 12.1 Å². The van der Waals surface area contributed by atoms with Gasteiger partial charge < -0.3 is 30.2 Å². The molecular weight excluding hydrogens is 459 g/mol. The Hall–Kier alpha value is -3.04. The van der Waals surface area contributed by atoms with Crippen LogP contribution in [0.4, 0.5) is 0 Å². The van der Waals surface area contributed by atoms with Crippen LogP contribution in [0.25, 0.3) is 0 Å². The largest absolute Gasteiger partial charge is 0.486 e. The zero-order valence-corrected chi connectivity index (χ0v) is 21.0. The Labute approximate surface area is 212 Å². The maximum absolute atomic E-state index is 13.4. The molecule has 0 aromatic heterocycles.